The highest BCUT2D eigenvalue weighted by Gasteiger charge is 2.05. The number of benzene rings is 1. The minimum Gasteiger partial charge on any atom is -0.496 e. The molecular weight excluding hydrogens is 360 g/mol. The molecule has 1 heterocycles. The lowest BCUT2D eigenvalue weighted by Gasteiger charge is -2.08. The van der Waals surface area contributed by atoms with E-state index in [-0.39, 0.29) is 5.91 Å². The van der Waals surface area contributed by atoms with Crippen molar-refractivity contribution in [3.05, 3.63) is 52.1 Å². The molecule has 1 aromatic carbocycles. The molecule has 0 bridgehead atoms. The zero-order chi connectivity index (χ0) is 16.7. The molecule has 0 atom stereocenters. The first kappa shape index (κ1) is 17.3. The Kier molecular flexibility index (Phi) is 6.40. The molecule has 0 spiro atoms. The van der Waals surface area contributed by atoms with Gasteiger partial charge < -0.3 is 14.8 Å². The highest BCUT2D eigenvalue weighted by Crippen LogP contribution is 2.25. The summed E-state index contributed by atoms with van der Waals surface area (Å²) in [5.74, 6) is 1.35. The van der Waals surface area contributed by atoms with Crippen molar-refractivity contribution in [1.29, 1.82) is 0 Å². The van der Waals surface area contributed by atoms with Crippen LogP contribution < -0.4 is 14.8 Å². The van der Waals surface area contributed by atoms with Gasteiger partial charge in [0.2, 0.25) is 11.8 Å². The first-order valence-corrected chi connectivity index (χ1v) is 7.99. The number of amides is 1. The van der Waals surface area contributed by atoms with Crippen LogP contribution in [-0.4, -0.2) is 25.1 Å². The molecule has 1 amide bonds. The summed E-state index contributed by atoms with van der Waals surface area (Å²) in [4.78, 5) is 16.0. The highest BCUT2D eigenvalue weighted by atomic mass is 79.9. The number of ether oxygens (including phenoxy) is 2. The van der Waals surface area contributed by atoms with Crippen molar-refractivity contribution in [3.63, 3.8) is 0 Å². The fourth-order valence-electron chi connectivity index (χ4n) is 2.05. The lowest BCUT2D eigenvalue weighted by Crippen LogP contribution is -2.23. The van der Waals surface area contributed by atoms with Crippen molar-refractivity contribution in [1.82, 2.24) is 10.3 Å². The lowest BCUT2D eigenvalue weighted by atomic mass is 10.1. The van der Waals surface area contributed by atoms with Crippen LogP contribution in [0.4, 0.5) is 0 Å². The van der Waals surface area contributed by atoms with Gasteiger partial charge in [0.25, 0.3) is 0 Å². The molecule has 0 saturated carbocycles. The van der Waals surface area contributed by atoms with Gasteiger partial charge in [0.15, 0.2) is 0 Å². The van der Waals surface area contributed by atoms with Crippen molar-refractivity contribution in [2.24, 2.45) is 0 Å². The summed E-state index contributed by atoms with van der Waals surface area (Å²) < 4.78 is 11.1. The summed E-state index contributed by atoms with van der Waals surface area (Å²) in [7, 11) is 3.20. The predicted molar refractivity (Wildman–Crippen MR) is 91.7 cm³/mol. The maximum absolute atomic E-state index is 11.9. The van der Waals surface area contributed by atoms with E-state index in [1.54, 1.807) is 26.5 Å². The van der Waals surface area contributed by atoms with E-state index in [0.29, 0.717) is 25.3 Å². The SMILES string of the molecule is COc1ccc(CNC(=O)CCc2ccc(OC)c(Br)c2)cn1. The molecule has 6 heteroatoms. The highest BCUT2D eigenvalue weighted by molar-refractivity contribution is 9.10. The van der Waals surface area contributed by atoms with Gasteiger partial charge in [-0.1, -0.05) is 12.1 Å². The fourth-order valence-corrected chi connectivity index (χ4v) is 2.64. The fraction of sp³-hybridized carbons (Fsp3) is 0.294. The maximum Gasteiger partial charge on any atom is 0.220 e. The van der Waals surface area contributed by atoms with Gasteiger partial charge in [0.1, 0.15) is 5.75 Å². The number of rotatable bonds is 7. The van der Waals surface area contributed by atoms with Gasteiger partial charge in [-0.2, -0.15) is 0 Å². The number of methoxy groups -OCH3 is 2. The molecule has 0 radical (unpaired) electrons. The molecule has 23 heavy (non-hydrogen) atoms. The number of aryl methyl sites for hydroxylation is 1. The molecule has 0 aliphatic heterocycles. The summed E-state index contributed by atoms with van der Waals surface area (Å²) in [5.41, 5.74) is 2.02. The first-order valence-electron chi connectivity index (χ1n) is 7.20. The number of pyridine rings is 1. The van der Waals surface area contributed by atoms with E-state index in [4.69, 9.17) is 9.47 Å². The molecule has 0 saturated heterocycles. The Morgan fingerprint density at radius 1 is 1.17 bits per heavy atom. The van der Waals surface area contributed by atoms with E-state index in [1.807, 2.05) is 24.3 Å². The van der Waals surface area contributed by atoms with E-state index in [9.17, 15) is 4.79 Å². The van der Waals surface area contributed by atoms with Gasteiger partial charge in [0, 0.05) is 25.2 Å². The zero-order valence-corrected chi connectivity index (χ0v) is 14.7. The molecule has 0 aliphatic rings. The van der Waals surface area contributed by atoms with Crippen LogP contribution in [0.1, 0.15) is 17.5 Å². The van der Waals surface area contributed by atoms with Gasteiger partial charge in [-0.3, -0.25) is 4.79 Å². The van der Waals surface area contributed by atoms with Crippen LogP contribution in [0, 0.1) is 0 Å². The number of hydrogen-bond donors (Lipinski definition) is 1. The van der Waals surface area contributed by atoms with Gasteiger partial charge in [-0.25, -0.2) is 4.98 Å². The molecule has 0 fully saturated rings. The maximum atomic E-state index is 11.9. The Morgan fingerprint density at radius 3 is 2.57 bits per heavy atom. The Bertz CT molecular complexity index is 659. The van der Waals surface area contributed by atoms with Crippen molar-refractivity contribution in [2.45, 2.75) is 19.4 Å². The summed E-state index contributed by atoms with van der Waals surface area (Å²) in [6.07, 6.45) is 2.80. The summed E-state index contributed by atoms with van der Waals surface area (Å²) in [6.45, 7) is 0.460. The van der Waals surface area contributed by atoms with Crippen molar-refractivity contribution < 1.29 is 14.3 Å². The third kappa shape index (κ3) is 5.25. The third-order valence-electron chi connectivity index (χ3n) is 3.35. The monoisotopic (exact) mass is 378 g/mol. The van der Waals surface area contributed by atoms with Crippen LogP contribution in [0.25, 0.3) is 0 Å². The lowest BCUT2D eigenvalue weighted by molar-refractivity contribution is -0.121. The molecule has 0 unspecified atom stereocenters. The first-order chi connectivity index (χ1) is 11.1. The van der Waals surface area contributed by atoms with Crippen LogP contribution in [0.3, 0.4) is 0 Å². The van der Waals surface area contributed by atoms with Crippen LogP contribution in [0.5, 0.6) is 11.6 Å². The van der Waals surface area contributed by atoms with Crippen LogP contribution in [-0.2, 0) is 17.8 Å². The summed E-state index contributed by atoms with van der Waals surface area (Å²) in [5, 5.41) is 2.89. The average molecular weight is 379 g/mol. The summed E-state index contributed by atoms with van der Waals surface area (Å²) in [6, 6.07) is 9.48. The van der Waals surface area contributed by atoms with Gasteiger partial charge in [-0.15, -0.1) is 0 Å². The smallest absolute Gasteiger partial charge is 0.220 e. The van der Waals surface area contributed by atoms with Gasteiger partial charge in [-0.05, 0) is 45.6 Å². The normalized spacial score (nSPS) is 10.2. The van der Waals surface area contributed by atoms with E-state index in [2.05, 4.69) is 26.2 Å². The number of carbonyl (C=O) groups is 1. The third-order valence-corrected chi connectivity index (χ3v) is 3.97. The molecule has 2 rings (SSSR count). The largest absolute Gasteiger partial charge is 0.496 e. The minimum absolute atomic E-state index is 0.00718. The number of nitrogens with zero attached hydrogens (tertiary/aromatic N) is 1. The Balaban J connectivity index is 1.79. The zero-order valence-electron chi connectivity index (χ0n) is 13.1. The molecule has 122 valence electrons. The predicted octanol–water partition coefficient (Wildman–Crippen LogP) is 3.11. The van der Waals surface area contributed by atoms with Crippen LogP contribution in [0.15, 0.2) is 41.0 Å². The minimum atomic E-state index is 0.00718. The van der Waals surface area contributed by atoms with Gasteiger partial charge >= 0.3 is 0 Å². The number of hydrogen-bond acceptors (Lipinski definition) is 4. The Morgan fingerprint density at radius 2 is 1.96 bits per heavy atom. The number of halogens is 1. The topological polar surface area (TPSA) is 60.5 Å². The summed E-state index contributed by atoms with van der Waals surface area (Å²) >= 11 is 3.44. The van der Waals surface area contributed by atoms with Gasteiger partial charge in [0.05, 0.1) is 18.7 Å². The second-order valence-corrected chi connectivity index (χ2v) is 5.81. The molecule has 1 aromatic heterocycles. The van der Waals surface area contributed by atoms with Crippen molar-refractivity contribution in [3.8, 4) is 11.6 Å². The number of nitrogens with one attached hydrogen (secondary N) is 1. The molecule has 5 nitrogen and oxygen atoms in total. The molecular formula is C17H19BrN2O3. The van der Waals surface area contributed by atoms with Crippen molar-refractivity contribution in [2.75, 3.05) is 14.2 Å². The Labute approximate surface area is 144 Å². The second kappa shape index (κ2) is 8.53. The standard InChI is InChI=1S/C17H19BrN2O3/c1-22-15-6-3-12(9-14(15)18)4-7-16(21)19-10-13-5-8-17(23-2)20-11-13/h3,5-6,8-9,11H,4,7,10H2,1-2H3,(H,19,21). The molecule has 1 N–H and O–H groups in total. The molecule has 0 aliphatic carbocycles. The quantitative estimate of drug-likeness (QED) is 0.803. The van der Waals surface area contributed by atoms with E-state index >= 15 is 0 Å². The van der Waals surface area contributed by atoms with E-state index in [0.717, 1.165) is 21.3 Å². The number of carbonyl (C=O) groups excluding carboxylic acids is 1. The van der Waals surface area contributed by atoms with E-state index < -0.39 is 0 Å². The second-order valence-electron chi connectivity index (χ2n) is 4.95. The van der Waals surface area contributed by atoms with Crippen LogP contribution in [0.2, 0.25) is 0 Å². The number of aromatic nitrogens is 1. The van der Waals surface area contributed by atoms with Crippen LogP contribution >= 0.6 is 15.9 Å². The average Bonchev–Trinajstić information content (AvgIpc) is 2.58. The van der Waals surface area contributed by atoms with Crippen molar-refractivity contribution >= 4 is 21.8 Å². The van der Waals surface area contributed by atoms with E-state index in [1.165, 1.54) is 0 Å². The molecule has 2 aromatic rings. The Hall–Kier alpha value is -2.08.